The number of anilines is 1. The molecule has 158 valence electrons. The van der Waals surface area contributed by atoms with Crippen LogP contribution in [0.5, 0.6) is 0 Å². The predicted molar refractivity (Wildman–Crippen MR) is 114 cm³/mol. The number of nitrogens with one attached hydrogen (secondary N) is 1. The van der Waals surface area contributed by atoms with Crippen molar-refractivity contribution in [2.75, 3.05) is 24.3 Å². The molecule has 10 heteroatoms. The van der Waals surface area contributed by atoms with Crippen LogP contribution in [0.3, 0.4) is 0 Å². The first-order valence-corrected chi connectivity index (χ1v) is 10.7. The van der Waals surface area contributed by atoms with E-state index >= 15 is 0 Å². The van der Waals surface area contributed by atoms with Gasteiger partial charge in [-0.2, -0.15) is 0 Å². The molecule has 3 atom stereocenters. The maximum Gasteiger partial charge on any atom is 0.274 e. The molecule has 1 fully saturated rings. The van der Waals surface area contributed by atoms with Crippen molar-refractivity contribution in [2.45, 2.75) is 18.1 Å². The maximum absolute atomic E-state index is 15.0. The van der Waals surface area contributed by atoms with Gasteiger partial charge in [0.05, 0.1) is 24.3 Å². The summed E-state index contributed by atoms with van der Waals surface area (Å²) in [6.45, 7) is -0.0136. The molecule has 0 bridgehead atoms. The number of hydrogen-bond donors (Lipinski definition) is 3. The Balaban J connectivity index is 1.67. The van der Waals surface area contributed by atoms with Crippen molar-refractivity contribution in [3.63, 3.8) is 0 Å². The normalized spacial score (nSPS) is 25.9. The summed E-state index contributed by atoms with van der Waals surface area (Å²) in [5.41, 5.74) is 5.86. The summed E-state index contributed by atoms with van der Waals surface area (Å²) < 4.78 is 20.7. The second kappa shape index (κ2) is 8.50. The van der Waals surface area contributed by atoms with E-state index in [9.17, 15) is 14.3 Å². The van der Waals surface area contributed by atoms with Gasteiger partial charge in [0.15, 0.2) is 5.17 Å². The number of rotatable bonds is 4. The van der Waals surface area contributed by atoms with Crippen molar-refractivity contribution in [1.82, 2.24) is 4.98 Å². The number of thioether (sulfide) groups is 1. The molecule has 0 radical (unpaired) electrons. The van der Waals surface area contributed by atoms with Crippen molar-refractivity contribution in [1.29, 1.82) is 0 Å². The van der Waals surface area contributed by atoms with Gasteiger partial charge < -0.3 is 20.9 Å². The number of benzene rings is 1. The summed E-state index contributed by atoms with van der Waals surface area (Å²) in [4.78, 5) is 21.1. The van der Waals surface area contributed by atoms with E-state index in [2.05, 4.69) is 15.3 Å². The van der Waals surface area contributed by atoms with Crippen LogP contribution < -0.4 is 11.1 Å². The summed E-state index contributed by atoms with van der Waals surface area (Å²) in [6.07, 6.45) is 1.59. The molecule has 1 aromatic heterocycles. The molecule has 7 nitrogen and oxygen atoms in total. The average Bonchev–Trinajstić information content (AvgIpc) is 2.75. The molecule has 30 heavy (non-hydrogen) atoms. The summed E-state index contributed by atoms with van der Waals surface area (Å²) in [7, 11) is 0. The number of aromatic nitrogens is 1. The number of amidine groups is 1. The molecule has 2 aliphatic rings. The fourth-order valence-electron chi connectivity index (χ4n) is 3.81. The summed E-state index contributed by atoms with van der Waals surface area (Å²) in [6, 6.07) is 7.40. The van der Waals surface area contributed by atoms with Gasteiger partial charge in [-0.15, -0.1) is 0 Å². The number of ether oxygens (including phenoxy) is 1. The predicted octanol–water partition coefficient (Wildman–Crippen LogP) is 2.78. The van der Waals surface area contributed by atoms with Crippen LogP contribution in [-0.4, -0.2) is 46.2 Å². The number of carbonyl (C=O) groups is 1. The molecular formula is C20H20ClFN4O3S. The van der Waals surface area contributed by atoms with Gasteiger partial charge in [-0.05, 0) is 36.8 Å². The van der Waals surface area contributed by atoms with E-state index in [0.717, 1.165) is 0 Å². The number of aliphatic hydroxyl groups excluding tert-OH is 1. The Hall–Kier alpha value is -2.20. The van der Waals surface area contributed by atoms with Crippen LogP contribution in [0, 0.1) is 11.7 Å². The Kier molecular flexibility index (Phi) is 5.97. The summed E-state index contributed by atoms with van der Waals surface area (Å²) in [5, 5.41) is 13.0. The third-order valence-electron chi connectivity index (χ3n) is 5.36. The fourth-order valence-corrected chi connectivity index (χ4v) is 4.94. The maximum atomic E-state index is 15.0. The SMILES string of the molecule is NC1=N[C@@]2(c3cc(NC(=O)c4ccc(Cl)cn4)ccc3F)CO[C@@H](CO)CC2CS1. The van der Waals surface area contributed by atoms with E-state index in [1.54, 1.807) is 12.1 Å². The summed E-state index contributed by atoms with van der Waals surface area (Å²) in [5.74, 6) is -0.336. The standard InChI is InChI=1S/C20H20ClFN4O3S/c21-12-1-4-17(24-7-12)18(28)25-13-2-3-16(22)15(6-13)20-10-29-14(8-27)5-11(20)9-30-19(23)26-20/h1-4,6-7,11,14,27H,5,8-10H2,(H2,23,26)(H,25,28)/t11?,14-,20+/m1/s1. The van der Waals surface area contributed by atoms with Crippen molar-refractivity contribution in [3.8, 4) is 0 Å². The highest BCUT2D eigenvalue weighted by molar-refractivity contribution is 8.13. The minimum Gasteiger partial charge on any atom is -0.394 e. The molecule has 0 spiro atoms. The van der Waals surface area contributed by atoms with Gasteiger partial charge in [0, 0.05) is 29.1 Å². The first kappa shape index (κ1) is 21.0. The van der Waals surface area contributed by atoms with Crippen molar-refractivity contribution in [3.05, 3.63) is 58.6 Å². The second-order valence-corrected chi connectivity index (χ2v) is 8.72. The topological polar surface area (TPSA) is 110 Å². The number of nitrogens with two attached hydrogens (primary N) is 1. The molecule has 1 amide bonds. The number of fused-ring (bicyclic) bond motifs is 1. The lowest BCUT2D eigenvalue weighted by Crippen LogP contribution is -2.51. The zero-order valence-corrected chi connectivity index (χ0v) is 17.4. The molecule has 4 N–H and O–H groups in total. The van der Waals surface area contributed by atoms with Gasteiger partial charge in [-0.25, -0.2) is 14.4 Å². The molecule has 3 heterocycles. The van der Waals surface area contributed by atoms with Crippen LogP contribution in [-0.2, 0) is 10.3 Å². The third-order valence-corrected chi connectivity index (χ3v) is 6.54. The number of hydrogen-bond acceptors (Lipinski definition) is 7. The molecule has 4 rings (SSSR count). The highest BCUT2D eigenvalue weighted by atomic mass is 35.5. The zero-order chi connectivity index (χ0) is 21.3. The van der Waals surface area contributed by atoms with E-state index in [1.807, 2.05) is 0 Å². The Labute approximate surface area is 181 Å². The molecule has 0 saturated carbocycles. The Bertz CT molecular complexity index is 991. The number of pyridine rings is 1. The van der Waals surface area contributed by atoms with E-state index in [1.165, 1.54) is 36.2 Å². The number of aliphatic imine (C=N–C) groups is 1. The van der Waals surface area contributed by atoms with E-state index in [0.29, 0.717) is 33.6 Å². The summed E-state index contributed by atoms with van der Waals surface area (Å²) >= 11 is 7.22. The van der Waals surface area contributed by atoms with Gasteiger partial charge in [-0.3, -0.25) is 4.79 Å². The van der Waals surface area contributed by atoms with Gasteiger partial charge in [0.25, 0.3) is 5.91 Å². The lowest BCUT2D eigenvalue weighted by Gasteiger charge is -2.46. The Morgan fingerprint density at radius 1 is 1.43 bits per heavy atom. The number of nitrogens with zero attached hydrogens (tertiary/aromatic N) is 2. The highest BCUT2D eigenvalue weighted by Gasteiger charge is 2.49. The fraction of sp³-hybridized carbons (Fsp3) is 0.350. The number of aliphatic hydroxyl groups is 1. The monoisotopic (exact) mass is 450 g/mol. The quantitative estimate of drug-likeness (QED) is 0.660. The van der Waals surface area contributed by atoms with Crippen LogP contribution in [0.15, 0.2) is 41.5 Å². The number of carbonyl (C=O) groups excluding carboxylic acids is 1. The third kappa shape index (κ3) is 4.02. The lowest BCUT2D eigenvalue weighted by atomic mass is 9.75. The van der Waals surface area contributed by atoms with Crippen LogP contribution in [0.25, 0.3) is 0 Å². The van der Waals surface area contributed by atoms with Crippen LogP contribution in [0.2, 0.25) is 5.02 Å². The lowest BCUT2D eigenvalue weighted by molar-refractivity contribution is -0.0770. The average molecular weight is 451 g/mol. The van der Waals surface area contributed by atoms with Gasteiger partial charge in [0.2, 0.25) is 0 Å². The number of amides is 1. The minimum atomic E-state index is -1.01. The molecular weight excluding hydrogens is 431 g/mol. The second-order valence-electron chi connectivity index (χ2n) is 7.24. The minimum absolute atomic E-state index is 0.0703. The number of halogens is 2. The molecule has 1 aromatic carbocycles. The molecule has 2 aliphatic heterocycles. The Morgan fingerprint density at radius 3 is 3.00 bits per heavy atom. The smallest absolute Gasteiger partial charge is 0.274 e. The molecule has 1 saturated heterocycles. The first-order valence-electron chi connectivity index (χ1n) is 9.35. The van der Waals surface area contributed by atoms with E-state index in [-0.39, 0.29) is 30.9 Å². The van der Waals surface area contributed by atoms with E-state index < -0.39 is 17.3 Å². The van der Waals surface area contributed by atoms with Gasteiger partial charge in [-0.1, -0.05) is 23.4 Å². The van der Waals surface area contributed by atoms with Crippen LogP contribution in [0.1, 0.15) is 22.5 Å². The van der Waals surface area contributed by atoms with Gasteiger partial charge >= 0.3 is 0 Å². The van der Waals surface area contributed by atoms with Crippen LogP contribution >= 0.6 is 23.4 Å². The van der Waals surface area contributed by atoms with E-state index in [4.69, 9.17) is 22.1 Å². The Morgan fingerprint density at radius 2 is 2.27 bits per heavy atom. The van der Waals surface area contributed by atoms with Gasteiger partial charge in [0.1, 0.15) is 17.1 Å². The van der Waals surface area contributed by atoms with Crippen LogP contribution in [0.4, 0.5) is 10.1 Å². The first-order chi connectivity index (χ1) is 14.4. The molecule has 0 aliphatic carbocycles. The zero-order valence-electron chi connectivity index (χ0n) is 15.8. The molecule has 1 unspecified atom stereocenters. The molecule has 2 aromatic rings. The van der Waals surface area contributed by atoms with Crippen molar-refractivity contribution in [2.24, 2.45) is 16.6 Å². The van der Waals surface area contributed by atoms with Crippen molar-refractivity contribution >= 4 is 40.1 Å². The highest BCUT2D eigenvalue weighted by Crippen LogP contribution is 2.47. The largest absolute Gasteiger partial charge is 0.394 e. The van der Waals surface area contributed by atoms with Crippen molar-refractivity contribution < 1.29 is 19.0 Å².